The number of pyridine rings is 1. The Labute approximate surface area is 122 Å². The van der Waals surface area contributed by atoms with Gasteiger partial charge in [0.15, 0.2) is 0 Å². The lowest BCUT2D eigenvalue weighted by Gasteiger charge is -2.25. The molecule has 1 aromatic carbocycles. The van der Waals surface area contributed by atoms with E-state index in [1.807, 2.05) is 6.07 Å². The minimum Gasteiger partial charge on any atom is -0.478 e. The van der Waals surface area contributed by atoms with Crippen LogP contribution in [0, 0.1) is 0 Å². The zero-order valence-electron chi connectivity index (χ0n) is 11.3. The van der Waals surface area contributed by atoms with Gasteiger partial charge in [-0.3, -0.25) is 4.98 Å². The summed E-state index contributed by atoms with van der Waals surface area (Å²) in [6.45, 7) is 2.13. The number of halogens is 1. The van der Waals surface area contributed by atoms with Gasteiger partial charge in [-0.25, -0.2) is 4.79 Å². The summed E-state index contributed by atoms with van der Waals surface area (Å²) in [5.41, 5.74) is 3.01. The van der Waals surface area contributed by atoms with Crippen LogP contribution in [0.25, 0.3) is 10.9 Å². The van der Waals surface area contributed by atoms with Crippen LogP contribution < -0.4 is 0 Å². The third-order valence-corrected chi connectivity index (χ3v) is 4.39. The number of hydrogen-bond donors (Lipinski definition) is 1. The molecule has 1 N–H and O–H groups in total. The van der Waals surface area contributed by atoms with Gasteiger partial charge in [0.25, 0.3) is 0 Å². The first-order chi connectivity index (χ1) is 9.61. The van der Waals surface area contributed by atoms with Crippen LogP contribution in [0.5, 0.6) is 0 Å². The number of benzene rings is 1. The molecule has 0 saturated carbocycles. The van der Waals surface area contributed by atoms with E-state index in [1.165, 1.54) is 0 Å². The smallest absolute Gasteiger partial charge is 0.336 e. The quantitative estimate of drug-likeness (QED) is 0.890. The summed E-state index contributed by atoms with van der Waals surface area (Å²) < 4.78 is 0. The molecule has 3 rings (SSSR count). The minimum atomic E-state index is -0.882. The van der Waals surface area contributed by atoms with Gasteiger partial charge >= 0.3 is 5.97 Å². The molecule has 1 heterocycles. The molecule has 1 aromatic heterocycles. The number of aromatic carboxylic acids is 1. The third-order valence-electron chi connectivity index (χ3n) is 4.15. The zero-order valence-corrected chi connectivity index (χ0v) is 12.1. The Kier molecular flexibility index (Phi) is 3.38. The summed E-state index contributed by atoms with van der Waals surface area (Å²) in [6, 6.07) is 5.29. The highest BCUT2D eigenvalue weighted by Gasteiger charge is 2.27. The van der Waals surface area contributed by atoms with Gasteiger partial charge in [0, 0.05) is 22.0 Å². The number of fused-ring (bicyclic) bond motifs is 2. The van der Waals surface area contributed by atoms with Crippen molar-refractivity contribution in [2.45, 2.75) is 38.5 Å². The van der Waals surface area contributed by atoms with Gasteiger partial charge in [0.2, 0.25) is 0 Å². The highest BCUT2D eigenvalue weighted by atomic mass is 35.5. The molecule has 1 aliphatic rings. The van der Waals surface area contributed by atoms with Crippen molar-refractivity contribution >= 4 is 28.5 Å². The average Bonchev–Trinajstić information content (AvgIpc) is 2.43. The molecule has 0 fully saturated rings. The summed E-state index contributed by atoms with van der Waals surface area (Å²) in [6.07, 6.45) is 3.91. The van der Waals surface area contributed by atoms with Crippen LogP contribution in [0.2, 0.25) is 5.02 Å². The maximum atomic E-state index is 11.7. The summed E-state index contributed by atoms with van der Waals surface area (Å²) >= 11 is 6.01. The number of carbonyl (C=O) groups is 1. The second kappa shape index (κ2) is 5.06. The first-order valence-corrected chi connectivity index (χ1v) is 7.35. The lowest BCUT2D eigenvalue weighted by Crippen LogP contribution is -2.16. The van der Waals surface area contributed by atoms with Crippen molar-refractivity contribution in [3.05, 3.63) is 40.0 Å². The number of hydrogen-bond acceptors (Lipinski definition) is 2. The normalized spacial score (nSPS) is 18.0. The first kappa shape index (κ1) is 13.4. The SMILES string of the molecule is CCC1CCCc2c1nc1ccc(Cl)cc1c2C(=O)O. The highest BCUT2D eigenvalue weighted by Crippen LogP contribution is 2.37. The first-order valence-electron chi connectivity index (χ1n) is 6.97. The number of carboxylic acids is 1. The Morgan fingerprint density at radius 1 is 1.50 bits per heavy atom. The number of aromatic nitrogens is 1. The fourth-order valence-electron chi connectivity index (χ4n) is 3.19. The third kappa shape index (κ3) is 2.06. The molecule has 20 heavy (non-hydrogen) atoms. The van der Waals surface area contributed by atoms with E-state index in [-0.39, 0.29) is 0 Å². The number of rotatable bonds is 2. The van der Waals surface area contributed by atoms with Crippen molar-refractivity contribution in [3.63, 3.8) is 0 Å². The molecule has 1 atom stereocenters. The Bertz CT molecular complexity index is 696. The van der Waals surface area contributed by atoms with Crippen molar-refractivity contribution in [1.29, 1.82) is 0 Å². The molecular weight excluding hydrogens is 274 g/mol. The van der Waals surface area contributed by atoms with Crippen LogP contribution in [0.3, 0.4) is 0 Å². The maximum Gasteiger partial charge on any atom is 0.336 e. The summed E-state index contributed by atoms with van der Waals surface area (Å²) in [5, 5.41) is 10.8. The predicted octanol–water partition coefficient (Wildman–Crippen LogP) is 4.42. The second-order valence-electron chi connectivity index (χ2n) is 5.31. The van der Waals surface area contributed by atoms with Crippen molar-refractivity contribution in [2.24, 2.45) is 0 Å². The molecule has 4 heteroatoms. The monoisotopic (exact) mass is 289 g/mol. The molecule has 0 spiro atoms. The van der Waals surface area contributed by atoms with Crippen LogP contribution >= 0.6 is 11.6 Å². The van der Waals surface area contributed by atoms with Gasteiger partial charge in [0.1, 0.15) is 0 Å². The van der Waals surface area contributed by atoms with Crippen LogP contribution in [0.15, 0.2) is 18.2 Å². The van der Waals surface area contributed by atoms with Crippen LogP contribution in [-0.4, -0.2) is 16.1 Å². The van der Waals surface area contributed by atoms with Crippen molar-refractivity contribution in [2.75, 3.05) is 0 Å². The second-order valence-corrected chi connectivity index (χ2v) is 5.75. The molecule has 104 valence electrons. The Hall–Kier alpha value is -1.61. The summed E-state index contributed by atoms with van der Waals surface area (Å²) in [5.74, 6) is -0.510. The van der Waals surface area contributed by atoms with Crippen molar-refractivity contribution in [1.82, 2.24) is 4.98 Å². The molecule has 1 unspecified atom stereocenters. The standard InChI is InChI=1S/C16H16ClNO2/c1-2-9-4-3-5-11-14(16(19)20)12-8-10(17)6-7-13(12)18-15(9)11/h6-9H,2-5H2,1H3,(H,19,20). The highest BCUT2D eigenvalue weighted by molar-refractivity contribution is 6.31. The Balaban J connectivity index is 2.38. The van der Waals surface area contributed by atoms with Crippen LogP contribution in [0.1, 0.15) is 53.7 Å². The van der Waals surface area contributed by atoms with E-state index in [0.29, 0.717) is 21.9 Å². The van der Waals surface area contributed by atoms with Gasteiger partial charge in [-0.05, 0) is 49.4 Å². The van der Waals surface area contributed by atoms with E-state index in [1.54, 1.807) is 12.1 Å². The number of carboxylic acid groups (broad SMARTS) is 1. The summed E-state index contributed by atoms with van der Waals surface area (Å²) in [4.78, 5) is 16.5. The van der Waals surface area contributed by atoms with Gasteiger partial charge in [-0.1, -0.05) is 18.5 Å². The van der Waals surface area contributed by atoms with Gasteiger partial charge < -0.3 is 5.11 Å². The number of nitrogens with zero attached hydrogens (tertiary/aromatic N) is 1. The summed E-state index contributed by atoms with van der Waals surface area (Å²) in [7, 11) is 0. The molecule has 0 radical (unpaired) electrons. The lowest BCUT2D eigenvalue weighted by atomic mass is 9.82. The van der Waals surface area contributed by atoms with Crippen LogP contribution in [-0.2, 0) is 6.42 Å². The molecular formula is C16H16ClNO2. The van der Waals surface area contributed by atoms with E-state index in [0.717, 1.165) is 42.5 Å². The van der Waals surface area contributed by atoms with E-state index in [4.69, 9.17) is 16.6 Å². The predicted molar refractivity (Wildman–Crippen MR) is 79.7 cm³/mol. The van der Waals surface area contributed by atoms with Crippen molar-refractivity contribution in [3.8, 4) is 0 Å². The molecule has 1 aliphatic carbocycles. The minimum absolute atomic E-state index is 0.372. The molecule has 0 amide bonds. The Morgan fingerprint density at radius 3 is 3.00 bits per heavy atom. The fraction of sp³-hybridized carbons (Fsp3) is 0.375. The topological polar surface area (TPSA) is 50.2 Å². The van der Waals surface area contributed by atoms with Crippen molar-refractivity contribution < 1.29 is 9.90 Å². The van der Waals surface area contributed by atoms with Crippen LogP contribution in [0.4, 0.5) is 0 Å². The van der Waals surface area contributed by atoms with Gasteiger partial charge in [-0.2, -0.15) is 0 Å². The zero-order chi connectivity index (χ0) is 14.3. The van der Waals surface area contributed by atoms with E-state index >= 15 is 0 Å². The van der Waals surface area contributed by atoms with E-state index in [9.17, 15) is 9.90 Å². The molecule has 3 nitrogen and oxygen atoms in total. The molecule has 0 aliphatic heterocycles. The largest absolute Gasteiger partial charge is 0.478 e. The molecule has 2 aromatic rings. The fourth-order valence-corrected chi connectivity index (χ4v) is 3.36. The van der Waals surface area contributed by atoms with Gasteiger partial charge in [-0.15, -0.1) is 0 Å². The average molecular weight is 290 g/mol. The lowest BCUT2D eigenvalue weighted by molar-refractivity contribution is 0.0697. The van der Waals surface area contributed by atoms with Gasteiger partial charge in [0.05, 0.1) is 11.1 Å². The van der Waals surface area contributed by atoms with E-state index in [2.05, 4.69) is 6.92 Å². The Morgan fingerprint density at radius 2 is 2.30 bits per heavy atom. The maximum absolute atomic E-state index is 11.7. The molecule has 0 bridgehead atoms. The van der Waals surface area contributed by atoms with E-state index < -0.39 is 5.97 Å². The molecule has 0 saturated heterocycles.